The topological polar surface area (TPSA) is 101 Å². The lowest BCUT2D eigenvalue weighted by Crippen LogP contribution is -2.27. The number of hydrogen-bond acceptors (Lipinski definition) is 5. The van der Waals surface area contributed by atoms with Gasteiger partial charge in [-0.2, -0.15) is 0 Å². The van der Waals surface area contributed by atoms with Gasteiger partial charge in [0.1, 0.15) is 0 Å². The molecule has 8 heteroatoms. The SMILES string of the molecule is CCCCCc1ccc(C(=O)NCCn2cc(CCCCCc3cnc(NCc4ccccc4)[nH]3)nn2)cc1. The Hall–Kier alpha value is -3.94. The van der Waals surface area contributed by atoms with Crippen LogP contribution in [0.15, 0.2) is 67.0 Å². The molecule has 0 fully saturated rings. The highest BCUT2D eigenvalue weighted by molar-refractivity contribution is 5.94. The maximum atomic E-state index is 12.4. The van der Waals surface area contributed by atoms with Crippen LogP contribution >= 0.6 is 0 Å². The first-order chi connectivity index (χ1) is 19.2. The van der Waals surface area contributed by atoms with Gasteiger partial charge in [-0.1, -0.05) is 73.9 Å². The molecule has 0 spiro atoms. The second-order valence-electron chi connectivity index (χ2n) is 10.0. The largest absolute Gasteiger partial charge is 0.352 e. The van der Waals surface area contributed by atoms with E-state index in [0.29, 0.717) is 18.7 Å². The number of aromatic amines is 1. The van der Waals surface area contributed by atoms with Crippen LogP contribution in [0, 0.1) is 0 Å². The molecular formula is C31H41N7O. The second kappa shape index (κ2) is 15.5. The van der Waals surface area contributed by atoms with Crippen molar-refractivity contribution in [3.8, 4) is 0 Å². The van der Waals surface area contributed by atoms with E-state index < -0.39 is 0 Å². The van der Waals surface area contributed by atoms with E-state index in [9.17, 15) is 4.79 Å². The zero-order chi connectivity index (χ0) is 27.1. The number of unbranched alkanes of at least 4 members (excludes halogenated alkanes) is 4. The summed E-state index contributed by atoms with van der Waals surface area (Å²) >= 11 is 0. The number of H-pyrrole nitrogens is 1. The Bertz CT molecular complexity index is 1250. The number of nitrogens with zero attached hydrogens (tertiary/aromatic N) is 4. The molecule has 0 saturated heterocycles. The Balaban J connectivity index is 1.07. The van der Waals surface area contributed by atoms with Crippen molar-refractivity contribution in [3.05, 3.63) is 95.1 Å². The van der Waals surface area contributed by atoms with Gasteiger partial charge in [0.2, 0.25) is 5.95 Å². The van der Waals surface area contributed by atoms with E-state index in [1.807, 2.05) is 42.7 Å². The normalized spacial score (nSPS) is 11.0. The predicted molar refractivity (Wildman–Crippen MR) is 156 cm³/mol. The summed E-state index contributed by atoms with van der Waals surface area (Å²) in [5.41, 5.74) is 5.37. The number of aromatic nitrogens is 5. The monoisotopic (exact) mass is 527 g/mol. The standard InChI is InChI=1S/C31H41N7O/c1-2-3-6-11-25-16-18-27(19-17-25)30(39)32-20-21-38-24-29(36-37-38)15-10-5-9-14-28-23-34-31(35-28)33-22-26-12-7-4-8-13-26/h4,7-8,12-13,16-19,23-24H,2-3,5-6,9-11,14-15,20-22H2,1H3,(H,32,39)(H2,33,34,35). The highest BCUT2D eigenvalue weighted by Crippen LogP contribution is 2.11. The zero-order valence-corrected chi connectivity index (χ0v) is 23.0. The fourth-order valence-electron chi connectivity index (χ4n) is 4.51. The molecule has 2 heterocycles. The molecule has 2 aromatic carbocycles. The molecule has 8 nitrogen and oxygen atoms in total. The second-order valence-corrected chi connectivity index (χ2v) is 10.0. The Morgan fingerprint density at radius 1 is 0.897 bits per heavy atom. The molecule has 0 aliphatic rings. The van der Waals surface area contributed by atoms with Crippen molar-refractivity contribution in [2.75, 3.05) is 11.9 Å². The Morgan fingerprint density at radius 3 is 2.51 bits per heavy atom. The van der Waals surface area contributed by atoms with E-state index in [4.69, 9.17) is 0 Å². The third-order valence-corrected chi connectivity index (χ3v) is 6.81. The van der Waals surface area contributed by atoms with Crippen LogP contribution in [0.2, 0.25) is 0 Å². The number of imidazole rings is 1. The van der Waals surface area contributed by atoms with Crippen LogP contribution < -0.4 is 10.6 Å². The smallest absolute Gasteiger partial charge is 0.251 e. The molecule has 206 valence electrons. The number of hydrogen-bond donors (Lipinski definition) is 3. The first kappa shape index (κ1) is 28.1. The number of amides is 1. The summed E-state index contributed by atoms with van der Waals surface area (Å²) in [7, 11) is 0. The van der Waals surface area contributed by atoms with E-state index in [0.717, 1.165) is 62.4 Å². The minimum Gasteiger partial charge on any atom is -0.352 e. The molecule has 0 aliphatic carbocycles. The summed E-state index contributed by atoms with van der Waals surface area (Å²) in [6.45, 7) is 4.09. The average molecular weight is 528 g/mol. The van der Waals surface area contributed by atoms with Gasteiger partial charge in [-0.15, -0.1) is 5.10 Å². The Morgan fingerprint density at radius 2 is 1.69 bits per heavy atom. The first-order valence-corrected chi connectivity index (χ1v) is 14.3. The van der Waals surface area contributed by atoms with Gasteiger partial charge in [-0.3, -0.25) is 9.48 Å². The fourth-order valence-corrected chi connectivity index (χ4v) is 4.51. The summed E-state index contributed by atoms with van der Waals surface area (Å²) in [4.78, 5) is 20.2. The third-order valence-electron chi connectivity index (χ3n) is 6.81. The van der Waals surface area contributed by atoms with Gasteiger partial charge in [-0.25, -0.2) is 4.98 Å². The zero-order valence-electron chi connectivity index (χ0n) is 23.0. The summed E-state index contributed by atoms with van der Waals surface area (Å²) in [5, 5.41) is 14.8. The molecule has 3 N–H and O–H groups in total. The number of carbonyl (C=O) groups excluding carboxylic acids is 1. The number of benzene rings is 2. The molecule has 0 atom stereocenters. The molecule has 0 aliphatic heterocycles. The summed E-state index contributed by atoms with van der Waals surface area (Å²) in [6.07, 6.45) is 13.8. The van der Waals surface area contributed by atoms with E-state index >= 15 is 0 Å². The van der Waals surface area contributed by atoms with Crippen LogP contribution in [0.3, 0.4) is 0 Å². The molecule has 0 unspecified atom stereocenters. The van der Waals surface area contributed by atoms with E-state index in [2.05, 4.69) is 62.1 Å². The number of nitrogens with one attached hydrogen (secondary N) is 3. The number of carbonyl (C=O) groups is 1. The van der Waals surface area contributed by atoms with Crippen LogP contribution in [0.5, 0.6) is 0 Å². The van der Waals surface area contributed by atoms with Gasteiger partial charge in [0.25, 0.3) is 5.91 Å². The fraction of sp³-hybridized carbons (Fsp3) is 0.419. The van der Waals surface area contributed by atoms with Crippen molar-refractivity contribution in [3.63, 3.8) is 0 Å². The minimum absolute atomic E-state index is 0.0492. The van der Waals surface area contributed by atoms with Crippen LogP contribution in [-0.4, -0.2) is 37.4 Å². The van der Waals surface area contributed by atoms with Crippen molar-refractivity contribution in [2.24, 2.45) is 0 Å². The molecule has 39 heavy (non-hydrogen) atoms. The van der Waals surface area contributed by atoms with Crippen LogP contribution in [0.4, 0.5) is 5.95 Å². The van der Waals surface area contributed by atoms with Crippen LogP contribution in [-0.2, 0) is 32.4 Å². The predicted octanol–water partition coefficient (Wildman–Crippen LogP) is 5.73. The number of rotatable bonds is 17. The third kappa shape index (κ3) is 9.71. The lowest BCUT2D eigenvalue weighted by molar-refractivity contribution is 0.0952. The van der Waals surface area contributed by atoms with E-state index in [1.165, 1.54) is 30.4 Å². The molecule has 0 radical (unpaired) electrons. The molecule has 2 aromatic heterocycles. The summed E-state index contributed by atoms with van der Waals surface area (Å²) in [5.74, 6) is 0.768. The van der Waals surface area contributed by atoms with Gasteiger partial charge in [0.05, 0.1) is 18.4 Å². The minimum atomic E-state index is -0.0492. The molecule has 0 saturated carbocycles. The lowest BCUT2D eigenvalue weighted by atomic mass is 10.1. The summed E-state index contributed by atoms with van der Waals surface area (Å²) < 4.78 is 1.81. The lowest BCUT2D eigenvalue weighted by Gasteiger charge is -2.06. The Kier molecular flexibility index (Phi) is 11.1. The maximum Gasteiger partial charge on any atom is 0.251 e. The average Bonchev–Trinajstić information content (AvgIpc) is 3.62. The van der Waals surface area contributed by atoms with E-state index in [1.54, 1.807) is 4.68 Å². The van der Waals surface area contributed by atoms with Crippen molar-refractivity contribution in [1.29, 1.82) is 0 Å². The van der Waals surface area contributed by atoms with Gasteiger partial charge < -0.3 is 15.6 Å². The van der Waals surface area contributed by atoms with Crippen LogP contribution in [0.1, 0.15) is 78.3 Å². The van der Waals surface area contributed by atoms with Gasteiger partial charge in [0.15, 0.2) is 0 Å². The summed E-state index contributed by atoms with van der Waals surface area (Å²) in [6, 6.07) is 18.3. The van der Waals surface area contributed by atoms with Crippen molar-refractivity contribution in [2.45, 2.75) is 77.8 Å². The highest BCUT2D eigenvalue weighted by atomic mass is 16.1. The molecular weight excluding hydrogens is 486 g/mol. The molecule has 1 amide bonds. The number of aryl methyl sites for hydroxylation is 3. The van der Waals surface area contributed by atoms with E-state index in [-0.39, 0.29) is 5.91 Å². The highest BCUT2D eigenvalue weighted by Gasteiger charge is 2.07. The Labute approximate surface area is 231 Å². The molecule has 0 bridgehead atoms. The van der Waals surface area contributed by atoms with Crippen molar-refractivity contribution < 1.29 is 4.79 Å². The maximum absolute atomic E-state index is 12.4. The van der Waals surface area contributed by atoms with Gasteiger partial charge >= 0.3 is 0 Å². The molecule has 4 aromatic rings. The van der Waals surface area contributed by atoms with Gasteiger partial charge in [0, 0.05) is 30.5 Å². The quantitative estimate of drug-likeness (QED) is 0.152. The van der Waals surface area contributed by atoms with Crippen molar-refractivity contribution in [1.82, 2.24) is 30.3 Å². The van der Waals surface area contributed by atoms with Crippen LogP contribution in [0.25, 0.3) is 0 Å². The van der Waals surface area contributed by atoms with Crippen molar-refractivity contribution >= 4 is 11.9 Å². The molecule has 4 rings (SSSR count). The first-order valence-electron chi connectivity index (χ1n) is 14.3. The number of anilines is 1. The van der Waals surface area contributed by atoms with Gasteiger partial charge in [-0.05, 0) is 61.8 Å².